The van der Waals surface area contributed by atoms with E-state index in [9.17, 15) is 9.18 Å². The molecule has 2 fully saturated rings. The molecule has 1 aromatic heterocycles. The molecule has 0 unspecified atom stereocenters. The van der Waals surface area contributed by atoms with E-state index in [0.29, 0.717) is 0 Å². The summed E-state index contributed by atoms with van der Waals surface area (Å²) in [6.07, 6.45) is 1.26. The minimum absolute atomic E-state index is 0.0740. The quantitative estimate of drug-likeness (QED) is 0.839. The summed E-state index contributed by atoms with van der Waals surface area (Å²) in [6, 6.07) is 8.02. The number of nitrogens with one attached hydrogen (secondary N) is 1. The molecule has 2 aromatic rings. The lowest BCUT2D eigenvalue weighted by atomic mass is 10.1. The fourth-order valence-electron chi connectivity index (χ4n) is 4.21. The van der Waals surface area contributed by atoms with Gasteiger partial charge in [0.25, 0.3) is 6.57 Å². The van der Waals surface area contributed by atoms with Crippen LogP contribution in [0.4, 0.5) is 10.1 Å². The second-order valence-electron chi connectivity index (χ2n) is 7.59. The number of para-hydroxylation sites is 1. The van der Waals surface area contributed by atoms with E-state index in [2.05, 4.69) is 20.0 Å². The Labute approximate surface area is 169 Å². The highest BCUT2D eigenvalue weighted by Crippen LogP contribution is 2.30. The third-order valence-electron chi connectivity index (χ3n) is 5.66. The average molecular weight is 398 g/mol. The summed E-state index contributed by atoms with van der Waals surface area (Å²) in [5.41, 5.74) is 1.81. The number of fused-ring (bicyclic) bond motifs is 1. The number of likely N-dealkylation sites (tertiary alicyclic amines) is 2. The molecule has 7 nitrogen and oxygen atoms in total. The number of hydrogen-bond donors (Lipinski definition) is 1. The molecule has 1 N–H and O–H groups in total. The SMILES string of the molecule is C#[N+][C@@H]1C[C@H](F)CN1C(=O)CN1CC[C@@H](Nc2ccnc3c(OC)cccc23)C1. The van der Waals surface area contributed by atoms with Crippen LogP contribution < -0.4 is 10.1 Å². The molecule has 0 aliphatic carbocycles. The molecule has 2 aliphatic heterocycles. The molecule has 0 saturated carbocycles. The zero-order valence-corrected chi connectivity index (χ0v) is 16.4. The van der Waals surface area contributed by atoms with Crippen molar-refractivity contribution in [3.05, 3.63) is 35.3 Å². The van der Waals surface area contributed by atoms with Crippen LogP contribution in [0.25, 0.3) is 15.7 Å². The molecular weight excluding hydrogens is 373 g/mol. The number of hydrogen-bond acceptors (Lipinski definition) is 5. The molecule has 2 saturated heterocycles. The first kappa shape index (κ1) is 19.4. The normalized spacial score (nSPS) is 24.6. The zero-order chi connectivity index (χ0) is 20.4. The molecular formula is C21H25FN5O2+. The largest absolute Gasteiger partial charge is 0.494 e. The fourth-order valence-corrected chi connectivity index (χ4v) is 4.21. The van der Waals surface area contributed by atoms with Crippen LogP contribution in [-0.4, -0.2) is 72.4 Å². The van der Waals surface area contributed by atoms with Gasteiger partial charge in [-0.1, -0.05) is 17.0 Å². The van der Waals surface area contributed by atoms with E-state index in [1.807, 2.05) is 24.3 Å². The van der Waals surface area contributed by atoms with Gasteiger partial charge >= 0.3 is 6.17 Å². The van der Waals surface area contributed by atoms with Gasteiger partial charge in [-0.3, -0.25) is 19.6 Å². The highest BCUT2D eigenvalue weighted by atomic mass is 19.1. The van der Waals surface area contributed by atoms with Gasteiger partial charge in [-0.25, -0.2) is 4.39 Å². The van der Waals surface area contributed by atoms with Gasteiger partial charge < -0.3 is 10.1 Å². The van der Waals surface area contributed by atoms with E-state index < -0.39 is 12.3 Å². The van der Waals surface area contributed by atoms with Crippen molar-refractivity contribution in [1.29, 1.82) is 0 Å². The molecule has 2 aliphatic rings. The van der Waals surface area contributed by atoms with Gasteiger partial charge in [-0.15, -0.1) is 0 Å². The van der Waals surface area contributed by atoms with Gasteiger partial charge in [0, 0.05) is 36.4 Å². The van der Waals surface area contributed by atoms with E-state index in [0.717, 1.165) is 41.9 Å². The van der Waals surface area contributed by atoms with Crippen LogP contribution in [0.3, 0.4) is 0 Å². The van der Waals surface area contributed by atoms with Crippen molar-refractivity contribution in [3.63, 3.8) is 0 Å². The maximum Gasteiger partial charge on any atom is 0.352 e. The van der Waals surface area contributed by atoms with Gasteiger partial charge in [0.1, 0.15) is 17.4 Å². The molecule has 29 heavy (non-hydrogen) atoms. The lowest BCUT2D eigenvalue weighted by molar-refractivity contribution is -0.132. The highest BCUT2D eigenvalue weighted by molar-refractivity contribution is 5.94. The fraction of sp³-hybridized carbons (Fsp3) is 0.476. The van der Waals surface area contributed by atoms with Crippen molar-refractivity contribution in [3.8, 4) is 12.3 Å². The third-order valence-corrected chi connectivity index (χ3v) is 5.66. The summed E-state index contributed by atoms with van der Waals surface area (Å²) >= 11 is 0. The van der Waals surface area contributed by atoms with Crippen molar-refractivity contribution in [2.45, 2.75) is 31.2 Å². The number of methoxy groups -OCH3 is 1. The number of alkyl halides is 1. The predicted molar refractivity (Wildman–Crippen MR) is 110 cm³/mol. The Bertz CT molecular complexity index is 946. The van der Waals surface area contributed by atoms with E-state index in [1.165, 1.54) is 4.90 Å². The number of nitrogens with zero attached hydrogens (tertiary/aromatic N) is 4. The number of carbonyl (C=O) groups is 1. The number of ether oxygens (including phenoxy) is 1. The number of benzene rings is 1. The number of amides is 1. The first-order valence-corrected chi connectivity index (χ1v) is 9.83. The summed E-state index contributed by atoms with van der Waals surface area (Å²) in [6.45, 7) is 7.19. The molecule has 1 aromatic carbocycles. The standard InChI is InChI=1S/C21H25FN5O2/c1-23-19-10-14(22)11-27(19)20(28)13-26-9-7-15(12-26)25-17-6-8-24-21-16(17)4-3-5-18(21)29-2/h1,3-6,8,14-15,19H,7,9-13H2,2H3,(H,24,25)/q+1/t14-,15+,19-/m0/s1. The van der Waals surface area contributed by atoms with E-state index in [1.54, 1.807) is 13.3 Å². The molecule has 0 bridgehead atoms. The van der Waals surface area contributed by atoms with Gasteiger partial charge in [0.05, 0.1) is 26.6 Å². The van der Waals surface area contributed by atoms with Gasteiger partial charge in [-0.2, -0.15) is 0 Å². The van der Waals surface area contributed by atoms with Crippen molar-refractivity contribution in [1.82, 2.24) is 14.8 Å². The van der Waals surface area contributed by atoms with Crippen LogP contribution in [0.5, 0.6) is 5.75 Å². The smallest absolute Gasteiger partial charge is 0.352 e. The molecule has 3 atom stereocenters. The van der Waals surface area contributed by atoms with Crippen LogP contribution in [0, 0.1) is 6.57 Å². The molecule has 8 heteroatoms. The maximum atomic E-state index is 13.6. The lowest BCUT2D eigenvalue weighted by Gasteiger charge is -2.21. The summed E-state index contributed by atoms with van der Waals surface area (Å²) < 4.78 is 19.0. The maximum absolute atomic E-state index is 13.6. The van der Waals surface area contributed by atoms with E-state index in [-0.39, 0.29) is 31.5 Å². The minimum Gasteiger partial charge on any atom is -0.494 e. The summed E-state index contributed by atoms with van der Waals surface area (Å²) in [5.74, 6) is 0.616. The average Bonchev–Trinajstić information content (AvgIpc) is 3.33. The van der Waals surface area contributed by atoms with Crippen LogP contribution >= 0.6 is 0 Å². The number of anilines is 1. The second kappa shape index (κ2) is 8.21. The van der Waals surface area contributed by atoms with E-state index >= 15 is 0 Å². The Morgan fingerprint density at radius 1 is 1.41 bits per heavy atom. The molecule has 3 heterocycles. The Morgan fingerprint density at radius 2 is 2.28 bits per heavy atom. The Balaban J connectivity index is 1.39. The monoisotopic (exact) mass is 398 g/mol. The lowest BCUT2D eigenvalue weighted by Crippen LogP contribution is -2.42. The van der Waals surface area contributed by atoms with Crippen molar-refractivity contribution < 1.29 is 13.9 Å². The topological polar surface area (TPSA) is 62.1 Å². The van der Waals surface area contributed by atoms with Gasteiger partial charge in [0.15, 0.2) is 0 Å². The molecule has 0 spiro atoms. The Hall–Kier alpha value is -2.92. The Kier molecular flexibility index (Phi) is 5.49. The molecule has 1 amide bonds. The van der Waals surface area contributed by atoms with Crippen molar-refractivity contribution in [2.24, 2.45) is 0 Å². The second-order valence-corrected chi connectivity index (χ2v) is 7.59. The van der Waals surface area contributed by atoms with Crippen LogP contribution in [-0.2, 0) is 4.79 Å². The number of carbonyl (C=O) groups excluding carboxylic acids is 1. The van der Waals surface area contributed by atoms with E-state index in [4.69, 9.17) is 11.3 Å². The van der Waals surface area contributed by atoms with Crippen LogP contribution in [0.2, 0.25) is 0 Å². The van der Waals surface area contributed by atoms with Crippen molar-refractivity contribution in [2.75, 3.05) is 38.6 Å². The highest BCUT2D eigenvalue weighted by Gasteiger charge is 2.42. The third kappa shape index (κ3) is 3.96. The predicted octanol–water partition coefficient (Wildman–Crippen LogP) is 2.59. The van der Waals surface area contributed by atoms with Crippen LogP contribution in [0.1, 0.15) is 12.8 Å². The summed E-state index contributed by atoms with van der Waals surface area (Å²) in [5, 5.41) is 4.57. The number of aromatic nitrogens is 1. The van der Waals surface area contributed by atoms with Gasteiger partial charge in [-0.05, 0) is 18.6 Å². The first-order valence-electron chi connectivity index (χ1n) is 9.83. The summed E-state index contributed by atoms with van der Waals surface area (Å²) in [4.78, 5) is 24.2. The first-order chi connectivity index (χ1) is 14.1. The molecule has 152 valence electrons. The number of pyridine rings is 1. The zero-order valence-electron chi connectivity index (χ0n) is 16.4. The summed E-state index contributed by atoms with van der Waals surface area (Å²) in [7, 11) is 1.64. The van der Waals surface area contributed by atoms with Crippen molar-refractivity contribution >= 4 is 22.5 Å². The Morgan fingerprint density at radius 3 is 3.07 bits per heavy atom. The molecule has 0 radical (unpaired) electrons. The van der Waals surface area contributed by atoms with Gasteiger partial charge in [0.2, 0.25) is 5.91 Å². The molecule has 4 rings (SSSR count). The number of halogens is 1. The minimum atomic E-state index is -1.05. The number of rotatable bonds is 5. The van der Waals surface area contributed by atoms with Crippen LogP contribution in [0.15, 0.2) is 30.5 Å².